The molecule has 4 rings (SSSR count). The fraction of sp³-hybridized carbons (Fsp3) is 0.400. The molecule has 3 aromatic rings. The Hall–Kier alpha value is -3.15. The van der Waals surface area contributed by atoms with Crippen LogP contribution in [0.4, 0.5) is 0 Å². The second-order valence-corrected chi connectivity index (χ2v) is 10.7. The van der Waals surface area contributed by atoms with Gasteiger partial charge in [-0.1, -0.05) is 29.5 Å². The monoisotopic (exact) mass is 548 g/mol. The number of carbonyl (C=O) groups is 1. The summed E-state index contributed by atoms with van der Waals surface area (Å²) in [5.74, 6) is -0.930. The zero-order valence-electron chi connectivity index (χ0n) is 20.8. The number of rotatable bonds is 9. The molecule has 1 aliphatic heterocycles. The predicted octanol–water partition coefficient (Wildman–Crippen LogP) is 3.85. The first-order valence-corrected chi connectivity index (χ1v) is 13.8. The molecule has 1 unspecified atom stereocenters. The lowest BCUT2D eigenvalue weighted by atomic mass is 9.84. The van der Waals surface area contributed by atoms with Gasteiger partial charge in [0, 0.05) is 31.0 Å². The molecule has 1 aromatic heterocycles. The minimum atomic E-state index is -4.12. The number of alkyl halides is 1. The summed E-state index contributed by atoms with van der Waals surface area (Å²) in [4.78, 5) is 12.6. The van der Waals surface area contributed by atoms with Crippen LogP contribution in [-0.4, -0.2) is 57.8 Å². The van der Waals surface area contributed by atoms with Crippen LogP contribution in [0.15, 0.2) is 42.4 Å². The number of ether oxygens (including phenoxy) is 1. The molecule has 0 radical (unpaired) electrons. The van der Waals surface area contributed by atoms with Crippen LogP contribution in [0.2, 0.25) is 0 Å². The first kappa shape index (κ1) is 26.9. The Kier molecular flexibility index (Phi) is 8.05. The van der Waals surface area contributed by atoms with Crippen molar-refractivity contribution in [2.24, 2.45) is 0 Å². The Bertz CT molecular complexity index is 1450. The molecule has 0 fully saturated rings. The zero-order chi connectivity index (χ0) is 26.7. The summed E-state index contributed by atoms with van der Waals surface area (Å²) >= 11 is 5.90. The molecule has 0 amide bonds. The van der Waals surface area contributed by atoms with E-state index in [0.717, 1.165) is 43.2 Å². The molecule has 2 heterocycles. The largest absolute Gasteiger partial charge is 0.480 e. The third kappa shape index (κ3) is 5.73. The SMILES string of the molecule is CCOC(=O)CC(c1ccc(C)c(CN2CC=C(O)OS2(=O)=O)c1)c1ccc2c(nnn2CCCl)c1C. The normalized spacial score (nSPS) is 16.3. The maximum atomic E-state index is 12.6. The summed E-state index contributed by atoms with van der Waals surface area (Å²) in [6.45, 7) is 6.41. The van der Waals surface area contributed by atoms with Crippen LogP contribution in [0, 0.1) is 13.8 Å². The molecule has 10 nitrogen and oxygen atoms in total. The van der Waals surface area contributed by atoms with Gasteiger partial charge in [0.05, 0.1) is 25.1 Å². The van der Waals surface area contributed by atoms with Gasteiger partial charge in [0.1, 0.15) is 5.52 Å². The number of aliphatic hydroxyl groups is 1. The van der Waals surface area contributed by atoms with Gasteiger partial charge in [0.15, 0.2) is 0 Å². The molecule has 1 N–H and O–H groups in total. The molecule has 1 atom stereocenters. The summed E-state index contributed by atoms with van der Waals surface area (Å²) in [5.41, 5.74) is 5.83. The summed E-state index contributed by atoms with van der Waals surface area (Å²) < 4.78 is 37.6. The topological polar surface area (TPSA) is 124 Å². The number of halogens is 1. The van der Waals surface area contributed by atoms with E-state index in [2.05, 4.69) is 14.5 Å². The minimum Gasteiger partial charge on any atom is -0.480 e. The fourth-order valence-electron chi connectivity index (χ4n) is 4.48. The van der Waals surface area contributed by atoms with E-state index in [0.29, 0.717) is 12.4 Å². The van der Waals surface area contributed by atoms with Crippen molar-refractivity contribution in [1.29, 1.82) is 0 Å². The van der Waals surface area contributed by atoms with E-state index in [1.54, 1.807) is 11.6 Å². The minimum absolute atomic E-state index is 0.0160. The van der Waals surface area contributed by atoms with E-state index in [-0.39, 0.29) is 38.0 Å². The van der Waals surface area contributed by atoms with Gasteiger partial charge in [0.25, 0.3) is 5.95 Å². The van der Waals surface area contributed by atoms with Gasteiger partial charge in [-0.15, -0.1) is 16.7 Å². The molecule has 0 bridgehead atoms. The number of benzene rings is 2. The summed E-state index contributed by atoms with van der Waals surface area (Å²) in [6.07, 6.45) is 1.39. The number of hydrogen-bond donors (Lipinski definition) is 1. The van der Waals surface area contributed by atoms with Crippen molar-refractivity contribution in [2.75, 3.05) is 19.0 Å². The van der Waals surface area contributed by atoms with Gasteiger partial charge in [-0.25, -0.2) is 4.68 Å². The van der Waals surface area contributed by atoms with Crippen molar-refractivity contribution in [1.82, 2.24) is 19.3 Å². The Morgan fingerprint density at radius 2 is 2.05 bits per heavy atom. The lowest BCUT2D eigenvalue weighted by molar-refractivity contribution is -0.143. The zero-order valence-corrected chi connectivity index (χ0v) is 22.4. The number of aryl methyl sites for hydroxylation is 3. The smallest absolute Gasteiger partial charge is 0.388 e. The van der Waals surface area contributed by atoms with Crippen LogP contribution >= 0.6 is 11.6 Å². The summed E-state index contributed by atoms with van der Waals surface area (Å²) in [6, 6.07) is 9.63. The Morgan fingerprint density at radius 1 is 1.27 bits per heavy atom. The molecule has 0 saturated carbocycles. The standard InChI is InChI=1S/C25H29ClN4O6S/c1-4-35-24(32)14-21(20-7-8-22-25(17(20)3)27-28-30(22)12-10-26)18-6-5-16(2)19(13-18)15-29-11-9-23(31)36-37(29,33)34/h5-9,13,21,31H,4,10-12,14-15H2,1-3H3. The molecular formula is C25H29ClN4O6S. The first-order valence-electron chi connectivity index (χ1n) is 11.9. The lowest BCUT2D eigenvalue weighted by Gasteiger charge is -2.25. The van der Waals surface area contributed by atoms with E-state index < -0.39 is 16.2 Å². The molecule has 37 heavy (non-hydrogen) atoms. The molecular weight excluding hydrogens is 520 g/mol. The van der Waals surface area contributed by atoms with Gasteiger partial charge in [-0.3, -0.25) is 4.79 Å². The van der Waals surface area contributed by atoms with E-state index in [1.807, 2.05) is 44.2 Å². The van der Waals surface area contributed by atoms with Crippen LogP contribution in [0.3, 0.4) is 0 Å². The summed E-state index contributed by atoms with van der Waals surface area (Å²) in [7, 11) is -4.12. The van der Waals surface area contributed by atoms with Crippen LogP contribution < -0.4 is 0 Å². The average molecular weight is 549 g/mol. The van der Waals surface area contributed by atoms with Gasteiger partial charge in [-0.05, 0) is 54.7 Å². The Labute approximate surface area is 220 Å². The number of aliphatic hydroxyl groups excluding tert-OH is 1. The quantitative estimate of drug-likeness (QED) is 0.316. The maximum absolute atomic E-state index is 12.6. The van der Waals surface area contributed by atoms with Crippen molar-refractivity contribution < 1.29 is 27.2 Å². The molecule has 12 heteroatoms. The molecule has 0 saturated heterocycles. The Morgan fingerprint density at radius 3 is 2.76 bits per heavy atom. The molecule has 0 spiro atoms. The van der Waals surface area contributed by atoms with Crippen LogP contribution in [0.1, 0.15) is 47.1 Å². The van der Waals surface area contributed by atoms with E-state index >= 15 is 0 Å². The van der Waals surface area contributed by atoms with Crippen LogP contribution in [0.5, 0.6) is 0 Å². The third-order valence-corrected chi connectivity index (χ3v) is 7.89. The van der Waals surface area contributed by atoms with Gasteiger partial charge in [0.2, 0.25) is 0 Å². The van der Waals surface area contributed by atoms with Crippen LogP contribution in [-0.2, 0) is 37.1 Å². The highest BCUT2D eigenvalue weighted by Gasteiger charge is 2.30. The maximum Gasteiger partial charge on any atom is 0.388 e. The molecule has 1 aliphatic rings. The highest BCUT2D eigenvalue weighted by molar-refractivity contribution is 7.84. The van der Waals surface area contributed by atoms with Crippen molar-refractivity contribution in [2.45, 2.75) is 46.2 Å². The first-order chi connectivity index (χ1) is 17.6. The van der Waals surface area contributed by atoms with Gasteiger partial charge in [-0.2, -0.15) is 12.7 Å². The number of hydrogen-bond acceptors (Lipinski definition) is 8. The second kappa shape index (κ2) is 11.1. The number of aromatic nitrogens is 3. The lowest BCUT2D eigenvalue weighted by Crippen LogP contribution is -2.35. The average Bonchev–Trinajstić information content (AvgIpc) is 3.25. The number of nitrogens with zero attached hydrogens (tertiary/aromatic N) is 4. The summed E-state index contributed by atoms with van der Waals surface area (Å²) in [5, 5.41) is 18.0. The predicted molar refractivity (Wildman–Crippen MR) is 138 cm³/mol. The second-order valence-electron chi connectivity index (χ2n) is 8.77. The van der Waals surface area contributed by atoms with Gasteiger partial charge >= 0.3 is 16.3 Å². The Balaban J connectivity index is 1.75. The van der Waals surface area contributed by atoms with E-state index in [1.165, 1.54) is 6.08 Å². The third-order valence-electron chi connectivity index (χ3n) is 6.43. The highest BCUT2D eigenvalue weighted by atomic mass is 35.5. The molecule has 0 aliphatic carbocycles. The fourth-order valence-corrected chi connectivity index (χ4v) is 5.58. The van der Waals surface area contributed by atoms with Crippen molar-refractivity contribution in [3.05, 3.63) is 70.2 Å². The molecule has 2 aromatic carbocycles. The number of esters is 1. The van der Waals surface area contributed by atoms with Crippen molar-refractivity contribution in [3.8, 4) is 0 Å². The van der Waals surface area contributed by atoms with Crippen molar-refractivity contribution in [3.63, 3.8) is 0 Å². The van der Waals surface area contributed by atoms with E-state index in [4.69, 9.17) is 16.3 Å². The van der Waals surface area contributed by atoms with Gasteiger partial charge < -0.3 is 14.0 Å². The molecule has 198 valence electrons. The number of carbonyl (C=O) groups excluding carboxylic acids is 1. The van der Waals surface area contributed by atoms with Crippen LogP contribution in [0.25, 0.3) is 11.0 Å². The number of fused-ring (bicyclic) bond motifs is 1. The van der Waals surface area contributed by atoms with E-state index in [9.17, 15) is 18.3 Å². The van der Waals surface area contributed by atoms with Crippen molar-refractivity contribution >= 4 is 38.9 Å². The highest BCUT2D eigenvalue weighted by Crippen LogP contribution is 2.35.